The van der Waals surface area contributed by atoms with E-state index in [0.29, 0.717) is 5.56 Å². The van der Waals surface area contributed by atoms with Crippen LogP contribution >= 0.6 is 0 Å². The first-order chi connectivity index (χ1) is 11.8. The van der Waals surface area contributed by atoms with Crippen LogP contribution in [0.15, 0.2) is 48.5 Å². The second kappa shape index (κ2) is 7.80. The molecule has 0 bridgehead atoms. The Labute approximate surface area is 141 Å². The van der Waals surface area contributed by atoms with Crippen molar-refractivity contribution in [3.05, 3.63) is 65.2 Å². The lowest BCUT2D eigenvalue weighted by atomic mass is 10.1. The highest BCUT2D eigenvalue weighted by atomic mass is 19.4. The fraction of sp³-hybridized carbons (Fsp3) is 0.176. The van der Waals surface area contributed by atoms with Crippen molar-refractivity contribution < 1.29 is 32.6 Å². The first-order valence-electron chi connectivity index (χ1n) is 7.13. The molecule has 25 heavy (non-hydrogen) atoms. The minimum Gasteiger partial charge on any atom is -0.452 e. The van der Waals surface area contributed by atoms with E-state index in [4.69, 9.17) is 9.84 Å². The Kier molecular flexibility index (Phi) is 5.76. The number of halogens is 3. The second-order valence-corrected chi connectivity index (χ2v) is 5.05. The third kappa shape index (κ3) is 5.32. The van der Waals surface area contributed by atoms with Gasteiger partial charge in [0.15, 0.2) is 6.61 Å². The summed E-state index contributed by atoms with van der Waals surface area (Å²) in [7, 11) is 0. The number of alkyl halides is 3. The molecule has 5 nitrogen and oxygen atoms in total. The molecule has 0 unspecified atom stereocenters. The number of hydrogen-bond acceptors (Lipinski definition) is 4. The van der Waals surface area contributed by atoms with Gasteiger partial charge in [0.05, 0.1) is 17.7 Å². The number of anilines is 1. The number of hydrogen-bond donors (Lipinski definition) is 2. The molecule has 2 aromatic rings. The lowest BCUT2D eigenvalue weighted by Gasteiger charge is -2.09. The van der Waals surface area contributed by atoms with Gasteiger partial charge in [0.1, 0.15) is 0 Å². The lowest BCUT2D eigenvalue weighted by molar-refractivity contribution is -0.137. The van der Waals surface area contributed by atoms with Crippen LogP contribution in [0.1, 0.15) is 21.5 Å². The molecule has 0 fully saturated rings. The molecule has 0 aliphatic rings. The van der Waals surface area contributed by atoms with Gasteiger partial charge in [-0.3, -0.25) is 4.79 Å². The molecule has 0 saturated carbocycles. The molecule has 8 heteroatoms. The van der Waals surface area contributed by atoms with E-state index in [1.165, 1.54) is 12.1 Å². The van der Waals surface area contributed by atoms with Crippen LogP contribution in [-0.2, 0) is 22.3 Å². The maximum atomic E-state index is 12.4. The van der Waals surface area contributed by atoms with E-state index in [-0.39, 0.29) is 17.9 Å². The molecule has 0 radical (unpaired) electrons. The quantitative estimate of drug-likeness (QED) is 0.811. The maximum Gasteiger partial charge on any atom is 0.416 e. The van der Waals surface area contributed by atoms with Crippen LogP contribution in [-0.4, -0.2) is 23.6 Å². The summed E-state index contributed by atoms with van der Waals surface area (Å²) < 4.78 is 42.1. The Hall–Kier alpha value is -2.87. The number of amides is 1. The van der Waals surface area contributed by atoms with Gasteiger partial charge in [-0.1, -0.05) is 12.1 Å². The predicted octanol–water partition coefficient (Wildman–Crippen LogP) is 2.99. The zero-order valence-electron chi connectivity index (χ0n) is 12.8. The average Bonchev–Trinajstić information content (AvgIpc) is 2.59. The van der Waals surface area contributed by atoms with Gasteiger partial charge in [0.25, 0.3) is 5.91 Å². The summed E-state index contributed by atoms with van der Waals surface area (Å²) in [5.74, 6) is -1.41. The molecule has 0 atom stereocenters. The summed E-state index contributed by atoms with van der Waals surface area (Å²) in [4.78, 5) is 23.5. The van der Waals surface area contributed by atoms with Gasteiger partial charge < -0.3 is 15.2 Å². The van der Waals surface area contributed by atoms with Gasteiger partial charge >= 0.3 is 12.1 Å². The van der Waals surface area contributed by atoms with E-state index >= 15 is 0 Å². The van der Waals surface area contributed by atoms with Crippen molar-refractivity contribution in [3.63, 3.8) is 0 Å². The lowest BCUT2D eigenvalue weighted by Crippen LogP contribution is -2.21. The van der Waals surface area contributed by atoms with Crippen molar-refractivity contribution in [2.45, 2.75) is 12.8 Å². The van der Waals surface area contributed by atoms with Crippen LogP contribution in [0.3, 0.4) is 0 Å². The highest BCUT2D eigenvalue weighted by molar-refractivity contribution is 5.95. The predicted molar refractivity (Wildman–Crippen MR) is 82.7 cm³/mol. The van der Waals surface area contributed by atoms with Crippen molar-refractivity contribution >= 4 is 17.6 Å². The molecular formula is C17H14F3NO4. The monoisotopic (exact) mass is 353 g/mol. The van der Waals surface area contributed by atoms with Gasteiger partial charge in [-0.2, -0.15) is 13.2 Å². The van der Waals surface area contributed by atoms with Crippen LogP contribution in [0.5, 0.6) is 0 Å². The standard InChI is InChI=1S/C17H14F3NO4/c18-17(19,20)13-5-7-14(8-6-13)21-15(23)10-25-16(24)12-3-1-11(9-22)2-4-12/h1-8,22H,9-10H2,(H,21,23). The first kappa shape index (κ1) is 18.5. The number of rotatable bonds is 5. The summed E-state index contributed by atoms with van der Waals surface area (Å²) >= 11 is 0. The van der Waals surface area contributed by atoms with Crippen LogP contribution in [0, 0.1) is 0 Å². The number of benzene rings is 2. The third-order valence-electron chi connectivity index (χ3n) is 3.20. The van der Waals surface area contributed by atoms with E-state index < -0.39 is 30.2 Å². The summed E-state index contributed by atoms with van der Waals surface area (Å²) in [5, 5.41) is 11.2. The summed E-state index contributed by atoms with van der Waals surface area (Å²) in [6, 6.07) is 9.86. The molecule has 0 spiro atoms. The normalized spacial score (nSPS) is 11.0. The molecule has 1 amide bonds. The minimum absolute atomic E-state index is 0.154. The topological polar surface area (TPSA) is 75.6 Å². The molecule has 0 saturated heterocycles. The van der Waals surface area contributed by atoms with Crippen LogP contribution in [0.25, 0.3) is 0 Å². The van der Waals surface area contributed by atoms with Crippen molar-refractivity contribution in [2.75, 3.05) is 11.9 Å². The Morgan fingerprint density at radius 1 is 1.00 bits per heavy atom. The number of aliphatic hydroxyl groups excluding tert-OH is 1. The number of carbonyl (C=O) groups is 2. The maximum absolute atomic E-state index is 12.4. The molecule has 2 aromatic carbocycles. The summed E-state index contributed by atoms with van der Waals surface area (Å²) in [6.45, 7) is -0.744. The Morgan fingerprint density at radius 2 is 1.60 bits per heavy atom. The molecule has 132 valence electrons. The highest BCUT2D eigenvalue weighted by Crippen LogP contribution is 2.29. The third-order valence-corrected chi connectivity index (χ3v) is 3.20. The Balaban J connectivity index is 1.86. The zero-order valence-corrected chi connectivity index (χ0v) is 12.8. The summed E-state index contributed by atoms with van der Waals surface area (Å²) in [6.07, 6.45) is -4.45. The molecular weight excluding hydrogens is 339 g/mol. The number of nitrogens with one attached hydrogen (secondary N) is 1. The molecule has 2 N–H and O–H groups in total. The highest BCUT2D eigenvalue weighted by Gasteiger charge is 2.29. The molecule has 0 aliphatic carbocycles. The van der Waals surface area contributed by atoms with Gasteiger partial charge in [0, 0.05) is 5.69 Å². The number of esters is 1. The smallest absolute Gasteiger partial charge is 0.416 e. The van der Waals surface area contributed by atoms with Gasteiger partial charge in [-0.25, -0.2) is 4.79 Å². The van der Waals surface area contributed by atoms with Gasteiger partial charge in [0.2, 0.25) is 0 Å². The van der Waals surface area contributed by atoms with Crippen molar-refractivity contribution in [3.8, 4) is 0 Å². The van der Waals surface area contributed by atoms with Gasteiger partial charge in [-0.05, 0) is 42.0 Å². The van der Waals surface area contributed by atoms with Crippen LogP contribution in [0.4, 0.5) is 18.9 Å². The van der Waals surface area contributed by atoms with E-state index in [0.717, 1.165) is 24.3 Å². The summed E-state index contributed by atoms with van der Waals surface area (Å²) in [5.41, 5.74) is 0.153. The Bertz CT molecular complexity index is 740. The van der Waals surface area contributed by atoms with E-state index in [9.17, 15) is 22.8 Å². The first-order valence-corrected chi connectivity index (χ1v) is 7.13. The average molecular weight is 353 g/mol. The minimum atomic E-state index is -4.45. The van der Waals surface area contributed by atoms with Gasteiger partial charge in [-0.15, -0.1) is 0 Å². The van der Waals surface area contributed by atoms with Crippen molar-refractivity contribution in [1.29, 1.82) is 0 Å². The SMILES string of the molecule is O=C(COC(=O)c1ccc(CO)cc1)Nc1ccc(C(F)(F)F)cc1. The van der Waals surface area contributed by atoms with E-state index in [1.807, 2.05) is 0 Å². The largest absolute Gasteiger partial charge is 0.452 e. The van der Waals surface area contributed by atoms with Crippen molar-refractivity contribution in [2.24, 2.45) is 0 Å². The van der Waals surface area contributed by atoms with Crippen molar-refractivity contribution in [1.82, 2.24) is 0 Å². The fourth-order valence-electron chi connectivity index (χ4n) is 1.90. The van der Waals surface area contributed by atoms with E-state index in [1.54, 1.807) is 12.1 Å². The van der Waals surface area contributed by atoms with Crippen LogP contribution in [0.2, 0.25) is 0 Å². The fourth-order valence-corrected chi connectivity index (χ4v) is 1.90. The molecule has 0 heterocycles. The zero-order chi connectivity index (χ0) is 18.4. The molecule has 0 aromatic heterocycles. The Morgan fingerprint density at radius 3 is 2.12 bits per heavy atom. The molecule has 0 aliphatic heterocycles. The number of carbonyl (C=O) groups excluding carboxylic acids is 2. The number of aliphatic hydroxyl groups is 1. The second-order valence-electron chi connectivity index (χ2n) is 5.05. The number of ether oxygens (including phenoxy) is 1. The van der Waals surface area contributed by atoms with E-state index in [2.05, 4.69) is 5.32 Å². The van der Waals surface area contributed by atoms with Crippen LogP contribution < -0.4 is 5.32 Å². The molecule has 2 rings (SSSR count).